The van der Waals surface area contributed by atoms with E-state index in [1.165, 1.54) is 5.56 Å². The Hall–Kier alpha value is -2.54. The smallest absolute Gasteiger partial charge is 0.318 e. The summed E-state index contributed by atoms with van der Waals surface area (Å²) in [5.41, 5.74) is 2.72. The van der Waals surface area contributed by atoms with Crippen LogP contribution in [0.1, 0.15) is 37.4 Å². The van der Waals surface area contributed by atoms with Crippen molar-refractivity contribution in [2.75, 3.05) is 18.1 Å². The van der Waals surface area contributed by atoms with Crippen LogP contribution in [0.25, 0.3) is 10.3 Å². The van der Waals surface area contributed by atoms with Crippen molar-refractivity contribution in [3.63, 3.8) is 0 Å². The molecule has 1 aliphatic heterocycles. The molecule has 0 amide bonds. The number of anilines is 1. The first-order valence-electron chi connectivity index (χ1n) is 9.77. The average molecular weight is 397 g/mol. The van der Waals surface area contributed by atoms with Crippen LogP contribution in [-0.4, -0.2) is 39.9 Å². The molecule has 0 unspecified atom stereocenters. The molecule has 2 aromatic heterocycles. The van der Waals surface area contributed by atoms with Gasteiger partial charge in [0.05, 0.1) is 23.0 Å². The van der Waals surface area contributed by atoms with Gasteiger partial charge in [-0.05, 0) is 38.7 Å². The third-order valence-electron chi connectivity index (χ3n) is 5.04. The van der Waals surface area contributed by atoms with Crippen molar-refractivity contribution in [3.8, 4) is 6.01 Å². The summed E-state index contributed by atoms with van der Waals surface area (Å²) in [5.74, 6) is 0.290. The molecule has 0 bridgehead atoms. The van der Waals surface area contributed by atoms with Gasteiger partial charge in [-0.3, -0.25) is 4.79 Å². The Morgan fingerprint density at radius 3 is 2.86 bits per heavy atom. The molecule has 1 aliphatic rings. The van der Waals surface area contributed by atoms with Crippen LogP contribution in [0.5, 0.6) is 6.01 Å². The second kappa shape index (κ2) is 8.22. The number of fused-ring (bicyclic) bond motifs is 1. The van der Waals surface area contributed by atoms with E-state index in [1.807, 2.05) is 32.0 Å². The molecule has 28 heavy (non-hydrogen) atoms. The number of ether oxygens (including phenoxy) is 1. The predicted molar refractivity (Wildman–Crippen MR) is 111 cm³/mol. The van der Waals surface area contributed by atoms with Crippen LogP contribution < -0.4 is 9.64 Å². The standard InChI is InChI=1S/C21H24N4O2S/c1-3-27-20-22-14(2)18-19(23-20)24-21(28-18)25-13-7-10-16(25)17(26)12-11-15-8-5-4-6-9-15/h4-6,8-9,16H,3,7,10-13H2,1-2H3/t16-/m1/s1. The number of rotatable bonds is 7. The monoisotopic (exact) mass is 396 g/mol. The number of ketones is 1. The van der Waals surface area contributed by atoms with Gasteiger partial charge < -0.3 is 9.64 Å². The Morgan fingerprint density at radius 1 is 1.25 bits per heavy atom. The summed E-state index contributed by atoms with van der Waals surface area (Å²) in [7, 11) is 0. The van der Waals surface area contributed by atoms with Crippen LogP contribution in [-0.2, 0) is 11.2 Å². The van der Waals surface area contributed by atoms with Gasteiger partial charge >= 0.3 is 6.01 Å². The number of aryl methyl sites for hydroxylation is 2. The molecule has 3 aromatic rings. The van der Waals surface area contributed by atoms with Crippen molar-refractivity contribution in [2.45, 2.75) is 45.6 Å². The summed E-state index contributed by atoms with van der Waals surface area (Å²) in [6, 6.07) is 10.4. The molecule has 1 atom stereocenters. The third-order valence-corrected chi connectivity index (χ3v) is 6.23. The van der Waals surface area contributed by atoms with Gasteiger partial charge in [0.1, 0.15) is 0 Å². The zero-order chi connectivity index (χ0) is 19.5. The van der Waals surface area contributed by atoms with E-state index >= 15 is 0 Å². The van der Waals surface area contributed by atoms with Crippen LogP contribution >= 0.6 is 11.3 Å². The first-order valence-corrected chi connectivity index (χ1v) is 10.6. The minimum Gasteiger partial charge on any atom is -0.464 e. The van der Waals surface area contributed by atoms with Gasteiger partial charge in [-0.25, -0.2) is 0 Å². The molecular formula is C21H24N4O2S. The minimum absolute atomic E-state index is 0.0936. The molecule has 1 aromatic carbocycles. The average Bonchev–Trinajstić information content (AvgIpc) is 3.34. The molecule has 6 nitrogen and oxygen atoms in total. The molecule has 4 rings (SSSR count). The lowest BCUT2D eigenvalue weighted by molar-refractivity contribution is -0.120. The molecule has 1 saturated heterocycles. The van der Waals surface area contributed by atoms with Crippen LogP contribution in [0.3, 0.4) is 0 Å². The summed E-state index contributed by atoms with van der Waals surface area (Å²) >= 11 is 1.57. The molecular weight excluding hydrogens is 372 g/mol. The van der Waals surface area contributed by atoms with Crippen molar-refractivity contribution in [2.24, 2.45) is 0 Å². The number of thiazole rings is 1. The van der Waals surface area contributed by atoms with Gasteiger partial charge in [0.2, 0.25) is 0 Å². The topological polar surface area (TPSA) is 68.2 Å². The maximum Gasteiger partial charge on any atom is 0.318 e. The maximum atomic E-state index is 12.9. The van der Waals surface area contributed by atoms with Crippen LogP contribution in [0, 0.1) is 6.92 Å². The number of benzene rings is 1. The van der Waals surface area contributed by atoms with E-state index in [9.17, 15) is 4.79 Å². The minimum atomic E-state index is -0.0936. The fourth-order valence-electron chi connectivity index (χ4n) is 3.65. The Morgan fingerprint density at radius 2 is 2.07 bits per heavy atom. The van der Waals surface area contributed by atoms with Crippen molar-refractivity contribution >= 4 is 32.6 Å². The van der Waals surface area contributed by atoms with E-state index in [2.05, 4.69) is 27.0 Å². The molecule has 0 saturated carbocycles. The lowest BCUT2D eigenvalue weighted by Gasteiger charge is -2.22. The predicted octanol–water partition coefficient (Wildman–Crippen LogP) is 3.96. The highest BCUT2D eigenvalue weighted by atomic mass is 32.1. The zero-order valence-electron chi connectivity index (χ0n) is 16.2. The fraction of sp³-hybridized carbons (Fsp3) is 0.429. The molecule has 0 spiro atoms. The fourth-order valence-corrected chi connectivity index (χ4v) is 4.67. The molecule has 7 heteroatoms. The van der Waals surface area contributed by atoms with Gasteiger partial charge in [0, 0.05) is 13.0 Å². The highest BCUT2D eigenvalue weighted by Crippen LogP contribution is 2.35. The quantitative estimate of drug-likeness (QED) is 0.602. The molecule has 0 N–H and O–H groups in total. The van der Waals surface area contributed by atoms with E-state index in [-0.39, 0.29) is 6.04 Å². The van der Waals surface area contributed by atoms with E-state index in [4.69, 9.17) is 9.72 Å². The number of carbonyl (C=O) groups is 1. The van der Waals surface area contributed by atoms with E-state index in [0.29, 0.717) is 30.5 Å². The van der Waals surface area contributed by atoms with E-state index < -0.39 is 0 Å². The van der Waals surface area contributed by atoms with Crippen LogP contribution in [0.15, 0.2) is 30.3 Å². The van der Waals surface area contributed by atoms with Crippen molar-refractivity contribution < 1.29 is 9.53 Å². The second-order valence-corrected chi connectivity index (χ2v) is 7.95. The van der Waals surface area contributed by atoms with Gasteiger partial charge in [0.25, 0.3) is 0 Å². The van der Waals surface area contributed by atoms with Crippen molar-refractivity contribution in [1.29, 1.82) is 0 Å². The highest BCUT2D eigenvalue weighted by molar-refractivity contribution is 7.22. The normalized spacial score (nSPS) is 16.6. The number of nitrogens with zero attached hydrogens (tertiary/aromatic N) is 4. The molecule has 0 aliphatic carbocycles. The zero-order valence-corrected chi connectivity index (χ0v) is 17.0. The van der Waals surface area contributed by atoms with Gasteiger partial charge in [0.15, 0.2) is 16.6 Å². The summed E-state index contributed by atoms with van der Waals surface area (Å²) in [6.07, 6.45) is 3.24. The van der Waals surface area contributed by atoms with Gasteiger partial charge in [-0.2, -0.15) is 15.0 Å². The SMILES string of the molecule is CCOc1nc(C)c2sc(N3CCC[C@@H]3C(=O)CCc3ccccc3)nc2n1. The Labute approximate surface area is 168 Å². The maximum absolute atomic E-state index is 12.9. The highest BCUT2D eigenvalue weighted by Gasteiger charge is 2.32. The van der Waals surface area contributed by atoms with Crippen molar-refractivity contribution in [1.82, 2.24) is 15.0 Å². The van der Waals surface area contributed by atoms with Gasteiger partial charge in [-0.1, -0.05) is 41.7 Å². The molecule has 1 fully saturated rings. The summed E-state index contributed by atoms with van der Waals surface area (Å²) < 4.78 is 6.40. The first kappa shape index (κ1) is 18.8. The molecule has 3 heterocycles. The third kappa shape index (κ3) is 3.85. The molecule has 146 valence electrons. The van der Waals surface area contributed by atoms with Gasteiger partial charge in [-0.15, -0.1) is 0 Å². The molecule has 0 radical (unpaired) electrons. The lowest BCUT2D eigenvalue weighted by Crippen LogP contribution is -2.36. The van der Waals surface area contributed by atoms with Crippen molar-refractivity contribution in [3.05, 3.63) is 41.6 Å². The number of aromatic nitrogens is 3. The summed E-state index contributed by atoms with van der Waals surface area (Å²) in [6.45, 7) is 5.23. The Kier molecular flexibility index (Phi) is 5.52. The largest absolute Gasteiger partial charge is 0.464 e. The summed E-state index contributed by atoms with van der Waals surface area (Å²) in [5, 5.41) is 0.858. The van der Waals surface area contributed by atoms with Crippen LogP contribution in [0.2, 0.25) is 0 Å². The number of Topliss-reactive ketones (excluding diaryl/α,β-unsaturated/α-hetero) is 1. The van der Waals surface area contributed by atoms with E-state index in [1.54, 1.807) is 11.3 Å². The first-order chi connectivity index (χ1) is 13.7. The number of carbonyl (C=O) groups excluding carboxylic acids is 1. The Bertz CT molecular complexity index is 973. The second-order valence-electron chi connectivity index (χ2n) is 6.98. The van der Waals surface area contributed by atoms with Crippen LogP contribution in [0.4, 0.5) is 5.13 Å². The Balaban J connectivity index is 1.52. The lowest BCUT2D eigenvalue weighted by atomic mass is 10.0. The summed E-state index contributed by atoms with van der Waals surface area (Å²) in [4.78, 5) is 28.6. The number of hydrogen-bond donors (Lipinski definition) is 0. The number of hydrogen-bond acceptors (Lipinski definition) is 7. The van der Waals surface area contributed by atoms with E-state index in [0.717, 1.165) is 41.3 Å².